The molecule has 0 aliphatic carbocycles. The fraction of sp³-hybridized carbons (Fsp3) is 0.409. The Hall–Kier alpha value is -2.10. The van der Waals surface area contributed by atoms with Crippen LogP contribution in [-0.4, -0.2) is 39.4 Å². The second-order valence-electron chi connectivity index (χ2n) is 7.89. The van der Waals surface area contributed by atoms with Gasteiger partial charge in [-0.1, -0.05) is 32.0 Å². The number of benzene rings is 2. The molecule has 0 radical (unpaired) electrons. The third kappa shape index (κ3) is 5.22. The highest BCUT2D eigenvalue weighted by Gasteiger charge is 2.48. The zero-order chi connectivity index (χ0) is 22.9. The number of fused-ring (bicyclic) bond motifs is 1. The van der Waals surface area contributed by atoms with Crippen LogP contribution in [0.5, 0.6) is 0 Å². The van der Waals surface area contributed by atoms with Crippen molar-refractivity contribution in [3.63, 3.8) is 0 Å². The lowest BCUT2D eigenvalue weighted by Crippen LogP contribution is -2.40. The molecule has 0 saturated carbocycles. The van der Waals surface area contributed by atoms with Crippen LogP contribution in [0.4, 0.5) is 17.6 Å². The molecule has 31 heavy (non-hydrogen) atoms. The second kappa shape index (κ2) is 9.18. The van der Waals surface area contributed by atoms with E-state index in [0.717, 1.165) is 46.7 Å². The van der Waals surface area contributed by atoms with Crippen LogP contribution in [0.15, 0.2) is 47.4 Å². The largest absolute Gasteiger partial charge is 0.593 e. The van der Waals surface area contributed by atoms with Crippen molar-refractivity contribution in [1.29, 1.82) is 0 Å². The van der Waals surface area contributed by atoms with Gasteiger partial charge in [0.2, 0.25) is 5.91 Å². The van der Waals surface area contributed by atoms with E-state index in [4.69, 9.17) is 0 Å². The van der Waals surface area contributed by atoms with Crippen molar-refractivity contribution in [1.82, 2.24) is 9.21 Å². The van der Waals surface area contributed by atoms with Crippen LogP contribution in [0.3, 0.4) is 0 Å². The third-order valence-corrected chi connectivity index (χ3v) is 6.71. The lowest BCUT2D eigenvalue weighted by Gasteiger charge is -2.32. The number of carbonyl (C=O) groups is 1. The van der Waals surface area contributed by atoms with E-state index in [9.17, 15) is 26.9 Å². The predicted octanol–water partition coefficient (Wildman–Crippen LogP) is 4.62. The Labute approximate surface area is 182 Å². The van der Waals surface area contributed by atoms with Crippen LogP contribution in [0.1, 0.15) is 36.6 Å². The van der Waals surface area contributed by atoms with Gasteiger partial charge in [-0.05, 0) is 41.3 Å². The minimum absolute atomic E-state index is 0.00254. The second-order valence-corrected chi connectivity index (χ2v) is 9.43. The number of halogens is 4. The molecule has 2 atom stereocenters. The molecule has 0 saturated heterocycles. The van der Waals surface area contributed by atoms with E-state index >= 15 is 0 Å². The van der Waals surface area contributed by atoms with E-state index in [2.05, 4.69) is 0 Å². The number of carbonyl (C=O) groups excluding carboxylic acids is 1. The van der Waals surface area contributed by atoms with E-state index in [-0.39, 0.29) is 22.3 Å². The first-order chi connectivity index (χ1) is 14.5. The Kier molecular flexibility index (Phi) is 6.98. The molecule has 3 rings (SSSR count). The van der Waals surface area contributed by atoms with Crippen molar-refractivity contribution in [2.45, 2.75) is 43.9 Å². The molecule has 9 heteroatoms. The molecule has 2 aromatic rings. The summed E-state index contributed by atoms with van der Waals surface area (Å²) in [6, 6.07) is 6.75. The summed E-state index contributed by atoms with van der Waals surface area (Å²) < 4.78 is 68.4. The third-order valence-electron chi connectivity index (χ3n) is 5.32. The lowest BCUT2D eigenvalue weighted by atomic mass is 9.99. The van der Waals surface area contributed by atoms with Gasteiger partial charge in [-0.25, -0.2) is 4.39 Å². The quantitative estimate of drug-likeness (QED) is 0.487. The molecule has 1 amide bonds. The average molecular weight is 457 g/mol. The fourth-order valence-electron chi connectivity index (χ4n) is 3.71. The van der Waals surface area contributed by atoms with E-state index in [1.807, 2.05) is 13.8 Å². The molecule has 1 aliphatic heterocycles. The minimum Gasteiger partial charge on any atom is -0.593 e. The molecule has 1 unspecified atom stereocenters. The minimum atomic E-state index is -4.71. The van der Waals surface area contributed by atoms with Crippen molar-refractivity contribution < 1.29 is 26.9 Å². The molecule has 4 nitrogen and oxygen atoms in total. The number of alkyl halides is 3. The molecule has 0 aromatic heterocycles. The van der Waals surface area contributed by atoms with E-state index in [0.29, 0.717) is 19.5 Å². The maximum absolute atomic E-state index is 13.8. The van der Waals surface area contributed by atoms with Gasteiger partial charge in [0.05, 0.1) is 11.4 Å². The molecule has 0 spiro atoms. The van der Waals surface area contributed by atoms with E-state index < -0.39 is 29.4 Å². The van der Waals surface area contributed by atoms with Crippen LogP contribution < -0.4 is 0 Å². The number of nitrogens with zero attached hydrogens (tertiary/aromatic N) is 2. The summed E-state index contributed by atoms with van der Waals surface area (Å²) in [6.45, 7) is 4.53. The Morgan fingerprint density at radius 1 is 1.13 bits per heavy atom. The van der Waals surface area contributed by atoms with Gasteiger partial charge >= 0.3 is 6.18 Å². The Balaban J connectivity index is 1.87. The van der Waals surface area contributed by atoms with Gasteiger partial charge in [-0.2, -0.15) is 13.2 Å². The van der Waals surface area contributed by atoms with Crippen LogP contribution in [0.25, 0.3) is 0 Å². The molecule has 1 heterocycles. The van der Waals surface area contributed by atoms with Gasteiger partial charge in [0.15, 0.2) is 10.9 Å². The van der Waals surface area contributed by atoms with Gasteiger partial charge < -0.3 is 9.45 Å². The SMILES string of the molecule is CC(C)C(=O)N1CCc2ccc([S+]([O-])N(C)[C@@H](c3ccc(F)cc3)C(F)(F)F)cc2C1. The van der Waals surface area contributed by atoms with Crippen LogP contribution in [0.2, 0.25) is 0 Å². The number of hydrogen-bond donors (Lipinski definition) is 0. The van der Waals surface area contributed by atoms with Crippen molar-refractivity contribution in [2.24, 2.45) is 5.92 Å². The summed E-state index contributed by atoms with van der Waals surface area (Å²) in [5.74, 6) is -0.806. The summed E-state index contributed by atoms with van der Waals surface area (Å²) >= 11 is -2.12. The normalized spacial score (nSPS) is 16.4. The molecule has 0 fully saturated rings. The van der Waals surface area contributed by atoms with Crippen molar-refractivity contribution in [3.05, 3.63) is 65.0 Å². The number of rotatable bonds is 5. The van der Waals surface area contributed by atoms with E-state index in [1.165, 1.54) is 0 Å². The lowest BCUT2D eigenvalue weighted by molar-refractivity contribution is -0.171. The van der Waals surface area contributed by atoms with Crippen LogP contribution >= 0.6 is 0 Å². The maximum Gasteiger partial charge on any atom is 0.412 e. The fourth-order valence-corrected chi connectivity index (χ4v) is 4.90. The highest BCUT2D eigenvalue weighted by atomic mass is 32.2. The summed E-state index contributed by atoms with van der Waals surface area (Å²) in [6.07, 6.45) is -4.08. The average Bonchev–Trinajstić information content (AvgIpc) is 2.72. The summed E-state index contributed by atoms with van der Waals surface area (Å²) in [4.78, 5) is 14.2. The van der Waals surface area contributed by atoms with E-state index in [1.54, 1.807) is 23.1 Å². The molecule has 1 aliphatic rings. The highest BCUT2D eigenvalue weighted by Crippen LogP contribution is 2.40. The predicted molar refractivity (Wildman–Crippen MR) is 110 cm³/mol. The molecular weight excluding hydrogens is 432 g/mol. The monoisotopic (exact) mass is 456 g/mol. The Morgan fingerprint density at radius 3 is 2.35 bits per heavy atom. The standard InChI is InChI=1S/C22H24F4N2O2S/c1-14(2)21(29)28-11-10-15-6-9-19(12-17(15)13-28)31(30)27(3)20(22(24,25)26)16-4-7-18(23)8-5-16/h4-9,12,14,20H,10-11,13H2,1-3H3/t20-,31?/m0/s1. The molecule has 2 aromatic carbocycles. The number of hydrogen-bond acceptors (Lipinski definition) is 3. The van der Waals surface area contributed by atoms with Gasteiger partial charge in [0, 0.05) is 32.1 Å². The van der Waals surface area contributed by atoms with Gasteiger partial charge in [0.25, 0.3) is 0 Å². The zero-order valence-corrected chi connectivity index (χ0v) is 18.3. The first-order valence-corrected chi connectivity index (χ1v) is 11.0. The molecular formula is C22H24F4N2O2S. The van der Waals surface area contributed by atoms with Gasteiger partial charge in [-0.3, -0.25) is 4.79 Å². The van der Waals surface area contributed by atoms with Gasteiger partial charge in [0.1, 0.15) is 5.82 Å². The smallest absolute Gasteiger partial charge is 0.412 e. The Bertz CT molecular complexity index is 934. The summed E-state index contributed by atoms with van der Waals surface area (Å²) in [7, 11) is 1.13. The highest BCUT2D eigenvalue weighted by molar-refractivity contribution is 7.89. The zero-order valence-electron chi connectivity index (χ0n) is 17.4. The number of amides is 1. The molecule has 0 bridgehead atoms. The topological polar surface area (TPSA) is 46.6 Å². The van der Waals surface area contributed by atoms with Crippen molar-refractivity contribution >= 4 is 17.3 Å². The first kappa shape index (κ1) is 23.6. The summed E-state index contributed by atoms with van der Waals surface area (Å²) in [5.41, 5.74) is 1.57. The van der Waals surface area contributed by atoms with Crippen LogP contribution in [-0.2, 0) is 29.1 Å². The molecule has 0 N–H and O–H groups in total. The summed E-state index contributed by atoms with van der Waals surface area (Å²) in [5, 5.41) is 0. The molecule has 168 valence electrons. The van der Waals surface area contributed by atoms with Gasteiger partial charge in [-0.15, -0.1) is 4.31 Å². The Morgan fingerprint density at radius 2 is 1.77 bits per heavy atom. The first-order valence-electron chi connectivity index (χ1n) is 9.86. The van der Waals surface area contributed by atoms with Crippen LogP contribution in [0, 0.1) is 11.7 Å². The maximum atomic E-state index is 13.8. The van der Waals surface area contributed by atoms with Crippen molar-refractivity contribution in [2.75, 3.05) is 13.6 Å². The van der Waals surface area contributed by atoms with Crippen molar-refractivity contribution in [3.8, 4) is 0 Å².